The number of hydrogen-bond acceptors (Lipinski definition) is 3. The van der Waals surface area contributed by atoms with Crippen LogP contribution in [0.4, 0.5) is 0 Å². The van der Waals surface area contributed by atoms with E-state index in [9.17, 15) is 4.79 Å². The second kappa shape index (κ2) is 6.94. The molecule has 1 unspecified atom stereocenters. The van der Waals surface area contributed by atoms with Crippen LogP contribution in [-0.2, 0) is 16.0 Å². The Balaban J connectivity index is 2.39. The van der Waals surface area contributed by atoms with Gasteiger partial charge in [-0.25, -0.2) is 0 Å². The molecule has 0 saturated carbocycles. The molecule has 0 aliphatic rings. The summed E-state index contributed by atoms with van der Waals surface area (Å²) < 4.78 is 9.73. The molecule has 0 radical (unpaired) electrons. The van der Waals surface area contributed by atoms with Crippen molar-refractivity contribution in [3.05, 3.63) is 29.8 Å². The van der Waals surface area contributed by atoms with E-state index in [0.29, 0.717) is 12.3 Å². The third-order valence-corrected chi connectivity index (χ3v) is 2.81. The average Bonchev–Trinajstić information content (AvgIpc) is 2.36. The number of rotatable bonds is 6. The molecule has 3 heteroatoms. The summed E-state index contributed by atoms with van der Waals surface area (Å²) in [5.41, 5.74) is 1.27. The van der Waals surface area contributed by atoms with E-state index in [4.69, 9.17) is 4.74 Å². The highest BCUT2D eigenvalue weighted by atomic mass is 16.5. The molecule has 1 aromatic carbocycles. The number of hydrogen-bond donors (Lipinski definition) is 0. The molecular formula is C14H20O3. The van der Waals surface area contributed by atoms with Crippen LogP contribution >= 0.6 is 0 Å². The van der Waals surface area contributed by atoms with Gasteiger partial charge in [0, 0.05) is 6.42 Å². The van der Waals surface area contributed by atoms with Crippen LogP contribution in [0.1, 0.15) is 25.3 Å². The Morgan fingerprint density at radius 3 is 2.41 bits per heavy atom. The van der Waals surface area contributed by atoms with Gasteiger partial charge in [-0.2, -0.15) is 0 Å². The highest BCUT2D eigenvalue weighted by molar-refractivity contribution is 5.69. The van der Waals surface area contributed by atoms with E-state index in [-0.39, 0.29) is 5.97 Å². The van der Waals surface area contributed by atoms with Gasteiger partial charge in [0.05, 0.1) is 14.2 Å². The van der Waals surface area contributed by atoms with Crippen LogP contribution in [0.3, 0.4) is 0 Å². The van der Waals surface area contributed by atoms with Gasteiger partial charge in [0.15, 0.2) is 0 Å². The van der Waals surface area contributed by atoms with Gasteiger partial charge in [0.25, 0.3) is 0 Å². The molecule has 1 atom stereocenters. The molecule has 1 aromatic rings. The van der Waals surface area contributed by atoms with Crippen molar-refractivity contribution in [3.63, 3.8) is 0 Å². The highest BCUT2D eigenvalue weighted by Gasteiger charge is 2.07. The fourth-order valence-electron chi connectivity index (χ4n) is 1.73. The first-order chi connectivity index (χ1) is 8.15. The number of esters is 1. The van der Waals surface area contributed by atoms with Crippen LogP contribution in [0.15, 0.2) is 24.3 Å². The van der Waals surface area contributed by atoms with E-state index in [1.165, 1.54) is 12.7 Å². The van der Waals surface area contributed by atoms with Crippen LogP contribution in [0, 0.1) is 5.92 Å². The molecule has 0 amide bonds. The fourth-order valence-corrected chi connectivity index (χ4v) is 1.73. The third-order valence-electron chi connectivity index (χ3n) is 2.81. The second-order valence-electron chi connectivity index (χ2n) is 4.27. The Morgan fingerprint density at radius 2 is 1.88 bits per heavy atom. The van der Waals surface area contributed by atoms with Gasteiger partial charge >= 0.3 is 5.97 Å². The average molecular weight is 236 g/mol. The standard InChI is InChI=1S/C14H20O3/c1-11(4-9-14(15)17-3)10-12-5-7-13(16-2)8-6-12/h5-8,11H,4,9-10H2,1-3H3. The van der Waals surface area contributed by atoms with Gasteiger partial charge in [0.1, 0.15) is 5.75 Å². The monoisotopic (exact) mass is 236 g/mol. The molecule has 0 fully saturated rings. The van der Waals surface area contributed by atoms with E-state index in [1.54, 1.807) is 7.11 Å². The zero-order valence-corrected chi connectivity index (χ0v) is 10.7. The summed E-state index contributed by atoms with van der Waals surface area (Å²) in [6.45, 7) is 2.15. The number of carbonyl (C=O) groups is 1. The predicted molar refractivity (Wildman–Crippen MR) is 67.1 cm³/mol. The van der Waals surface area contributed by atoms with Crippen molar-refractivity contribution >= 4 is 5.97 Å². The lowest BCUT2D eigenvalue weighted by Gasteiger charge is -2.11. The fraction of sp³-hybridized carbons (Fsp3) is 0.500. The van der Waals surface area contributed by atoms with Crippen molar-refractivity contribution < 1.29 is 14.3 Å². The summed E-state index contributed by atoms with van der Waals surface area (Å²) in [5.74, 6) is 1.21. The molecule has 17 heavy (non-hydrogen) atoms. The molecule has 0 aliphatic heterocycles. The van der Waals surface area contributed by atoms with E-state index < -0.39 is 0 Å². The topological polar surface area (TPSA) is 35.5 Å². The minimum atomic E-state index is -0.133. The molecule has 0 saturated heterocycles. The van der Waals surface area contributed by atoms with E-state index >= 15 is 0 Å². The summed E-state index contributed by atoms with van der Waals surface area (Å²) in [7, 11) is 3.09. The summed E-state index contributed by atoms with van der Waals surface area (Å²) in [5, 5.41) is 0. The quantitative estimate of drug-likeness (QED) is 0.712. The van der Waals surface area contributed by atoms with Gasteiger partial charge in [-0.05, 0) is 36.5 Å². The van der Waals surface area contributed by atoms with E-state index in [1.807, 2.05) is 12.1 Å². The SMILES string of the molecule is COC(=O)CCC(C)Cc1ccc(OC)cc1. The van der Waals surface area contributed by atoms with Crippen LogP contribution in [0.2, 0.25) is 0 Å². The van der Waals surface area contributed by atoms with Crippen LogP contribution in [0.5, 0.6) is 5.75 Å². The zero-order chi connectivity index (χ0) is 12.7. The van der Waals surface area contributed by atoms with E-state index in [2.05, 4.69) is 23.8 Å². The lowest BCUT2D eigenvalue weighted by atomic mass is 9.97. The van der Waals surface area contributed by atoms with Gasteiger partial charge in [0.2, 0.25) is 0 Å². The summed E-state index contributed by atoms with van der Waals surface area (Å²) in [6, 6.07) is 8.05. The zero-order valence-electron chi connectivity index (χ0n) is 10.7. The number of carbonyl (C=O) groups excluding carboxylic acids is 1. The van der Waals surface area contributed by atoms with Crippen LogP contribution in [0.25, 0.3) is 0 Å². The second-order valence-corrected chi connectivity index (χ2v) is 4.27. The number of methoxy groups -OCH3 is 2. The molecule has 0 N–H and O–H groups in total. The lowest BCUT2D eigenvalue weighted by molar-refractivity contribution is -0.140. The Labute approximate surface area is 103 Å². The predicted octanol–water partition coefficient (Wildman–Crippen LogP) is 2.83. The van der Waals surface area contributed by atoms with Crippen molar-refractivity contribution in [3.8, 4) is 5.75 Å². The molecule has 94 valence electrons. The van der Waals surface area contributed by atoms with Crippen LogP contribution in [-0.4, -0.2) is 20.2 Å². The molecule has 0 aromatic heterocycles. The molecule has 0 bridgehead atoms. The molecule has 0 aliphatic carbocycles. The Kier molecular flexibility index (Phi) is 5.53. The normalized spacial score (nSPS) is 11.9. The lowest BCUT2D eigenvalue weighted by Crippen LogP contribution is -2.06. The van der Waals surface area contributed by atoms with Crippen molar-refractivity contribution in [2.75, 3.05) is 14.2 Å². The molecule has 0 heterocycles. The van der Waals surface area contributed by atoms with Crippen molar-refractivity contribution in [2.24, 2.45) is 5.92 Å². The smallest absolute Gasteiger partial charge is 0.305 e. The molecule has 0 spiro atoms. The highest BCUT2D eigenvalue weighted by Crippen LogP contribution is 2.17. The number of ether oxygens (including phenoxy) is 2. The molecule has 3 nitrogen and oxygen atoms in total. The Bertz CT molecular complexity index is 343. The molecule has 1 rings (SSSR count). The van der Waals surface area contributed by atoms with Gasteiger partial charge < -0.3 is 9.47 Å². The molecular weight excluding hydrogens is 216 g/mol. The van der Waals surface area contributed by atoms with Crippen molar-refractivity contribution in [2.45, 2.75) is 26.2 Å². The maximum Gasteiger partial charge on any atom is 0.305 e. The maximum absolute atomic E-state index is 11.0. The van der Waals surface area contributed by atoms with Crippen molar-refractivity contribution in [1.29, 1.82) is 0 Å². The van der Waals surface area contributed by atoms with Crippen LogP contribution < -0.4 is 4.74 Å². The largest absolute Gasteiger partial charge is 0.497 e. The Hall–Kier alpha value is -1.51. The minimum Gasteiger partial charge on any atom is -0.497 e. The summed E-state index contributed by atoms with van der Waals surface area (Å²) in [4.78, 5) is 11.0. The van der Waals surface area contributed by atoms with Crippen molar-refractivity contribution in [1.82, 2.24) is 0 Å². The first kappa shape index (κ1) is 13.6. The Morgan fingerprint density at radius 1 is 1.24 bits per heavy atom. The van der Waals surface area contributed by atoms with Gasteiger partial charge in [-0.1, -0.05) is 19.1 Å². The minimum absolute atomic E-state index is 0.133. The summed E-state index contributed by atoms with van der Waals surface area (Å²) >= 11 is 0. The summed E-state index contributed by atoms with van der Waals surface area (Å²) in [6.07, 6.45) is 2.33. The first-order valence-corrected chi connectivity index (χ1v) is 5.85. The third kappa shape index (κ3) is 4.89. The first-order valence-electron chi connectivity index (χ1n) is 5.85. The van der Waals surface area contributed by atoms with Gasteiger partial charge in [-0.3, -0.25) is 4.79 Å². The maximum atomic E-state index is 11.0. The van der Waals surface area contributed by atoms with Gasteiger partial charge in [-0.15, -0.1) is 0 Å². The number of benzene rings is 1. The van der Waals surface area contributed by atoms with E-state index in [0.717, 1.165) is 18.6 Å².